The van der Waals surface area contributed by atoms with Crippen LogP contribution in [0, 0.1) is 0 Å². The molecule has 5 nitrogen and oxygen atoms in total. The predicted octanol–water partition coefficient (Wildman–Crippen LogP) is -2.13. The summed E-state index contributed by atoms with van der Waals surface area (Å²) in [5.41, 5.74) is 0. The van der Waals surface area contributed by atoms with Crippen molar-refractivity contribution in [1.82, 2.24) is 0 Å². The molecule has 9 heavy (non-hydrogen) atoms. The molecule has 0 aromatic rings. The largest absolute Gasteiger partial charge is 0.394 e. The number of ether oxygens (including phenoxy) is 1. The summed E-state index contributed by atoms with van der Waals surface area (Å²) in [6.07, 6.45) is 0. The second-order valence-corrected chi connectivity index (χ2v) is 0.910. The maximum Gasteiger partial charge on any atom is 0.146 e. The Morgan fingerprint density at radius 2 is 1.11 bits per heavy atom. The fourth-order valence-electron chi connectivity index (χ4n) is 0.0408. The van der Waals surface area contributed by atoms with Gasteiger partial charge in [0.25, 0.3) is 0 Å². The lowest BCUT2D eigenvalue weighted by Gasteiger charge is -1.85. The zero-order chi connectivity index (χ0) is 7.54. The molecule has 0 aromatic carbocycles. The van der Waals surface area contributed by atoms with Crippen LogP contribution >= 0.6 is 0 Å². The van der Waals surface area contributed by atoms with Crippen LogP contribution in [0.4, 0.5) is 0 Å². The summed E-state index contributed by atoms with van der Waals surface area (Å²) in [5, 5.41) is 30.6. The molecule has 0 unspecified atom stereocenters. The van der Waals surface area contributed by atoms with Crippen LogP contribution in [0.5, 0.6) is 0 Å². The van der Waals surface area contributed by atoms with Crippen molar-refractivity contribution in [3.63, 3.8) is 0 Å². The third-order valence-electron chi connectivity index (χ3n) is 0.283. The van der Waals surface area contributed by atoms with Crippen molar-refractivity contribution in [2.24, 2.45) is 0 Å². The summed E-state index contributed by atoms with van der Waals surface area (Å²) in [6, 6.07) is 0. The van der Waals surface area contributed by atoms with Crippen LogP contribution in [0.15, 0.2) is 0 Å². The van der Waals surface area contributed by atoms with Gasteiger partial charge in [-0.3, -0.25) is 0 Å². The van der Waals surface area contributed by atoms with E-state index in [1.54, 1.807) is 0 Å². The average molecular weight is 140 g/mol. The second kappa shape index (κ2) is 15.7. The van der Waals surface area contributed by atoms with E-state index in [4.69, 9.17) is 20.4 Å². The fraction of sp³-hybridized carbons (Fsp3) is 1.00. The predicted molar refractivity (Wildman–Crippen MR) is 29.4 cm³/mol. The smallest absolute Gasteiger partial charge is 0.146 e. The van der Waals surface area contributed by atoms with E-state index in [-0.39, 0.29) is 13.2 Å². The van der Waals surface area contributed by atoms with Gasteiger partial charge in [0.2, 0.25) is 0 Å². The molecule has 0 saturated carbocycles. The number of rotatable bonds is 3. The lowest BCUT2D eigenvalue weighted by molar-refractivity contribution is -0.0763. The molecule has 0 aliphatic heterocycles. The quantitative estimate of drug-likeness (QED) is 0.336. The summed E-state index contributed by atoms with van der Waals surface area (Å²) in [6.45, 7) is -1.06. The zero-order valence-electron chi connectivity index (χ0n) is 5.03. The Balaban J connectivity index is 0. The van der Waals surface area contributed by atoms with Crippen molar-refractivity contribution < 1.29 is 25.2 Å². The molecule has 0 aliphatic carbocycles. The lowest BCUT2D eigenvalue weighted by atomic mass is 10.8. The Kier molecular flexibility index (Phi) is 20.1. The van der Waals surface area contributed by atoms with Gasteiger partial charge in [0, 0.05) is 0 Å². The highest BCUT2D eigenvalue weighted by molar-refractivity contribution is 4.06. The van der Waals surface area contributed by atoms with E-state index >= 15 is 0 Å². The van der Waals surface area contributed by atoms with E-state index in [2.05, 4.69) is 4.74 Å². The Morgan fingerprint density at radius 1 is 0.778 bits per heavy atom. The first-order chi connectivity index (χ1) is 4.33. The first-order valence-electron chi connectivity index (χ1n) is 2.34. The van der Waals surface area contributed by atoms with Crippen molar-refractivity contribution in [1.29, 1.82) is 0 Å². The van der Waals surface area contributed by atoms with Gasteiger partial charge in [0.15, 0.2) is 0 Å². The number of hydrogen-bond acceptors (Lipinski definition) is 5. The summed E-state index contributed by atoms with van der Waals surface area (Å²) in [7, 11) is 0. The zero-order valence-corrected chi connectivity index (χ0v) is 5.03. The van der Waals surface area contributed by atoms with Crippen LogP contribution in [0.2, 0.25) is 0 Å². The fourth-order valence-corrected chi connectivity index (χ4v) is 0.0408. The molecule has 0 saturated heterocycles. The SMILES string of the molecule is OCCO.OCOCO. The summed E-state index contributed by atoms with van der Waals surface area (Å²) >= 11 is 0. The van der Waals surface area contributed by atoms with E-state index < -0.39 is 13.6 Å². The Labute approximate surface area is 53.1 Å². The third-order valence-corrected chi connectivity index (χ3v) is 0.283. The van der Waals surface area contributed by atoms with Crippen LogP contribution in [-0.4, -0.2) is 47.2 Å². The summed E-state index contributed by atoms with van der Waals surface area (Å²) < 4.78 is 3.94. The van der Waals surface area contributed by atoms with Crippen LogP contribution in [0.3, 0.4) is 0 Å². The van der Waals surface area contributed by atoms with Crippen molar-refractivity contribution >= 4 is 0 Å². The average Bonchev–Trinajstić information content (AvgIpc) is 1.91. The molecular weight excluding hydrogens is 128 g/mol. The monoisotopic (exact) mass is 140 g/mol. The van der Waals surface area contributed by atoms with Gasteiger partial charge in [-0.1, -0.05) is 0 Å². The minimum Gasteiger partial charge on any atom is -0.394 e. The Morgan fingerprint density at radius 3 is 1.11 bits per heavy atom. The summed E-state index contributed by atoms with van der Waals surface area (Å²) in [4.78, 5) is 0. The maximum atomic E-state index is 7.68. The maximum absolute atomic E-state index is 7.68. The molecule has 58 valence electrons. The molecule has 0 bridgehead atoms. The molecule has 0 rings (SSSR count). The highest BCUT2D eigenvalue weighted by atomic mass is 16.6. The Hall–Kier alpha value is -0.200. The van der Waals surface area contributed by atoms with Gasteiger partial charge >= 0.3 is 0 Å². The molecule has 0 spiro atoms. The van der Waals surface area contributed by atoms with Gasteiger partial charge in [0.1, 0.15) is 13.6 Å². The van der Waals surface area contributed by atoms with Gasteiger partial charge in [-0.05, 0) is 0 Å². The molecule has 5 heteroatoms. The van der Waals surface area contributed by atoms with Gasteiger partial charge in [0.05, 0.1) is 13.2 Å². The van der Waals surface area contributed by atoms with E-state index in [0.29, 0.717) is 0 Å². The minimum absolute atomic E-state index is 0.125. The molecule has 0 amide bonds. The van der Waals surface area contributed by atoms with Gasteiger partial charge < -0.3 is 25.2 Å². The molecule has 0 aliphatic rings. The van der Waals surface area contributed by atoms with Crippen molar-refractivity contribution in [2.45, 2.75) is 0 Å². The van der Waals surface area contributed by atoms with Crippen molar-refractivity contribution in [2.75, 3.05) is 26.8 Å². The highest BCUT2D eigenvalue weighted by Gasteiger charge is 1.65. The van der Waals surface area contributed by atoms with Gasteiger partial charge in [-0.15, -0.1) is 0 Å². The topological polar surface area (TPSA) is 90.2 Å². The lowest BCUT2D eigenvalue weighted by Crippen LogP contribution is -1.91. The molecule has 4 N–H and O–H groups in total. The minimum atomic E-state index is -0.406. The van der Waals surface area contributed by atoms with E-state index in [9.17, 15) is 0 Å². The number of aliphatic hydroxyl groups excluding tert-OH is 4. The Bertz CT molecular complexity index is 28.1. The summed E-state index contributed by atoms with van der Waals surface area (Å²) in [5.74, 6) is 0. The van der Waals surface area contributed by atoms with E-state index in [1.165, 1.54) is 0 Å². The number of hydrogen-bond donors (Lipinski definition) is 4. The first kappa shape index (κ1) is 11.6. The standard InChI is InChI=1S/C2H6O3.C2H6O2/c3-1-5-2-4;3-1-2-4/h3-4H,1-2H2;3-4H,1-2H2. The van der Waals surface area contributed by atoms with Crippen LogP contribution in [0.1, 0.15) is 0 Å². The van der Waals surface area contributed by atoms with Crippen LogP contribution in [0.25, 0.3) is 0 Å². The normalized spacial score (nSPS) is 8.00. The van der Waals surface area contributed by atoms with Crippen molar-refractivity contribution in [3.05, 3.63) is 0 Å². The second-order valence-electron chi connectivity index (χ2n) is 0.910. The van der Waals surface area contributed by atoms with Crippen LogP contribution in [-0.2, 0) is 4.74 Å². The van der Waals surface area contributed by atoms with Crippen LogP contribution < -0.4 is 0 Å². The highest BCUT2D eigenvalue weighted by Crippen LogP contribution is 1.56. The van der Waals surface area contributed by atoms with E-state index in [1.807, 2.05) is 0 Å². The number of aliphatic hydroxyl groups is 4. The van der Waals surface area contributed by atoms with Gasteiger partial charge in [-0.2, -0.15) is 0 Å². The van der Waals surface area contributed by atoms with Gasteiger partial charge in [-0.25, -0.2) is 0 Å². The molecule has 0 aromatic heterocycles. The molecule has 0 fully saturated rings. The molecule has 0 atom stereocenters. The third kappa shape index (κ3) is 33.5. The molecular formula is C4H12O5. The first-order valence-corrected chi connectivity index (χ1v) is 2.34. The molecule has 0 heterocycles. The van der Waals surface area contributed by atoms with Crippen molar-refractivity contribution in [3.8, 4) is 0 Å². The van der Waals surface area contributed by atoms with E-state index in [0.717, 1.165) is 0 Å². The molecule has 0 radical (unpaired) electrons.